The highest BCUT2D eigenvalue weighted by atomic mass is 19.4. The summed E-state index contributed by atoms with van der Waals surface area (Å²) < 4.78 is 47.4. The minimum Gasteiger partial charge on any atom is -0.463 e. The van der Waals surface area contributed by atoms with Gasteiger partial charge in [0.2, 0.25) is 5.43 Å². The van der Waals surface area contributed by atoms with Crippen LogP contribution in [0.4, 0.5) is 13.2 Å². The first-order valence-corrected chi connectivity index (χ1v) is 7.58. The van der Waals surface area contributed by atoms with Gasteiger partial charge in [-0.05, 0) is 29.0 Å². The summed E-state index contributed by atoms with van der Waals surface area (Å²) in [6.45, 7) is 0. The molecule has 4 nitrogen and oxygen atoms in total. The number of benzene rings is 2. The first-order chi connectivity index (χ1) is 12.4. The Labute approximate surface area is 144 Å². The van der Waals surface area contributed by atoms with Crippen LogP contribution >= 0.6 is 0 Å². The van der Waals surface area contributed by atoms with Crippen LogP contribution in [-0.2, 0) is 0 Å². The van der Waals surface area contributed by atoms with Gasteiger partial charge in [0.25, 0.3) is 0 Å². The third-order valence-corrected chi connectivity index (χ3v) is 3.92. The lowest BCUT2D eigenvalue weighted by atomic mass is 10.0. The largest absolute Gasteiger partial charge is 0.573 e. The van der Waals surface area contributed by atoms with Gasteiger partial charge in [0.05, 0.1) is 10.9 Å². The smallest absolute Gasteiger partial charge is 0.463 e. The maximum atomic E-state index is 13.0. The number of ether oxygens (including phenoxy) is 1. The van der Waals surface area contributed by atoms with Gasteiger partial charge in [-0.3, -0.25) is 9.78 Å². The second-order valence-corrected chi connectivity index (χ2v) is 5.54. The van der Waals surface area contributed by atoms with Crippen LogP contribution in [-0.4, -0.2) is 11.3 Å². The van der Waals surface area contributed by atoms with Gasteiger partial charge in [-0.1, -0.05) is 30.3 Å². The zero-order valence-corrected chi connectivity index (χ0v) is 13.1. The molecule has 0 fully saturated rings. The molecule has 0 aliphatic rings. The second kappa shape index (κ2) is 5.87. The van der Waals surface area contributed by atoms with Gasteiger partial charge in [0, 0.05) is 6.20 Å². The molecule has 0 aliphatic heterocycles. The zero-order valence-electron chi connectivity index (χ0n) is 13.1. The summed E-state index contributed by atoms with van der Waals surface area (Å²) in [6.07, 6.45) is -2.52. The normalized spacial score (nSPS) is 11.8. The lowest BCUT2D eigenvalue weighted by Gasteiger charge is -2.12. The molecular weight excluding hydrogens is 347 g/mol. The minimum absolute atomic E-state index is 0.103. The molecule has 0 aliphatic carbocycles. The molecule has 2 aromatic carbocycles. The highest BCUT2D eigenvalue weighted by Crippen LogP contribution is 2.32. The van der Waals surface area contributed by atoms with Crippen molar-refractivity contribution in [3.8, 4) is 17.0 Å². The Morgan fingerprint density at radius 3 is 2.62 bits per heavy atom. The Bertz CT molecular complexity index is 1180. The average molecular weight is 357 g/mol. The van der Waals surface area contributed by atoms with E-state index < -0.39 is 17.5 Å². The summed E-state index contributed by atoms with van der Waals surface area (Å²) >= 11 is 0. The van der Waals surface area contributed by atoms with Gasteiger partial charge in [-0.25, -0.2) is 0 Å². The van der Waals surface area contributed by atoms with E-state index in [1.54, 1.807) is 24.3 Å². The Hall–Kier alpha value is -3.35. The fraction of sp³-hybridized carbons (Fsp3) is 0.0526. The molecule has 0 amide bonds. The highest BCUT2D eigenvalue weighted by molar-refractivity contribution is 6.06. The van der Waals surface area contributed by atoms with E-state index in [1.807, 2.05) is 12.1 Å². The monoisotopic (exact) mass is 357 g/mol. The summed E-state index contributed by atoms with van der Waals surface area (Å²) in [4.78, 5) is 16.9. The number of alkyl halides is 3. The Kier molecular flexibility index (Phi) is 3.64. The molecule has 0 saturated heterocycles. The number of aromatic nitrogens is 1. The van der Waals surface area contributed by atoms with Crippen molar-refractivity contribution in [3.63, 3.8) is 0 Å². The van der Waals surface area contributed by atoms with Gasteiger partial charge in [0.1, 0.15) is 17.5 Å². The Morgan fingerprint density at radius 2 is 1.81 bits per heavy atom. The number of hydrogen-bond donors (Lipinski definition) is 0. The standard InChI is InChI=1S/C19H10F3NO3/c20-19(21,22)26-15-6-3-9-23-17(15)13-10-25-14-8-7-11-4-1-2-5-12(11)16(14)18(13)24/h1-10H. The molecule has 2 heterocycles. The van der Waals surface area contributed by atoms with Crippen molar-refractivity contribution >= 4 is 21.7 Å². The molecule has 0 unspecified atom stereocenters. The van der Waals surface area contributed by atoms with Crippen molar-refractivity contribution in [2.24, 2.45) is 0 Å². The molecule has 0 spiro atoms. The van der Waals surface area contributed by atoms with Crippen LogP contribution in [0.25, 0.3) is 33.0 Å². The lowest BCUT2D eigenvalue weighted by molar-refractivity contribution is -0.274. The molecule has 0 radical (unpaired) electrons. The number of fused-ring (bicyclic) bond motifs is 3. The number of hydrogen-bond acceptors (Lipinski definition) is 4. The van der Waals surface area contributed by atoms with Gasteiger partial charge in [0.15, 0.2) is 5.75 Å². The maximum Gasteiger partial charge on any atom is 0.573 e. The molecule has 4 rings (SSSR count). The fourth-order valence-corrected chi connectivity index (χ4v) is 2.86. The molecule has 4 aromatic rings. The molecule has 130 valence electrons. The molecule has 26 heavy (non-hydrogen) atoms. The van der Waals surface area contributed by atoms with Crippen LogP contribution in [0, 0.1) is 0 Å². The molecule has 0 bridgehead atoms. The van der Waals surface area contributed by atoms with E-state index in [-0.39, 0.29) is 16.6 Å². The molecule has 0 atom stereocenters. The van der Waals surface area contributed by atoms with Crippen molar-refractivity contribution in [3.05, 3.63) is 71.2 Å². The van der Waals surface area contributed by atoms with Crippen molar-refractivity contribution < 1.29 is 22.3 Å². The number of nitrogens with zero attached hydrogens (tertiary/aromatic N) is 1. The predicted molar refractivity (Wildman–Crippen MR) is 89.9 cm³/mol. The van der Waals surface area contributed by atoms with Gasteiger partial charge in [-0.15, -0.1) is 13.2 Å². The summed E-state index contributed by atoms with van der Waals surface area (Å²) in [5, 5.41) is 1.75. The maximum absolute atomic E-state index is 13.0. The summed E-state index contributed by atoms with van der Waals surface area (Å²) in [5.41, 5.74) is -0.470. The van der Waals surface area contributed by atoms with Crippen molar-refractivity contribution in [1.29, 1.82) is 0 Å². The Balaban J connectivity index is 2.01. The molecule has 0 saturated carbocycles. The van der Waals surface area contributed by atoms with Crippen LogP contribution in [0.3, 0.4) is 0 Å². The van der Waals surface area contributed by atoms with Gasteiger partial charge < -0.3 is 9.15 Å². The van der Waals surface area contributed by atoms with E-state index in [0.29, 0.717) is 11.0 Å². The minimum atomic E-state index is -4.90. The van der Waals surface area contributed by atoms with Crippen LogP contribution in [0.1, 0.15) is 0 Å². The molecule has 0 N–H and O–H groups in total. The van der Waals surface area contributed by atoms with Crippen molar-refractivity contribution in [1.82, 2.24) is 4.98 Å². The van der Waals surface area contributed by atoms with E-state index in [9.17, 15) is 18.0 Å². The fourth-order valence-electron chi connectivity index (χ4n) is 2.86. The quantitative estimate of drug-likeness (QED) is 0.479. The van der Waals surface area contributed by atoms with E-state index in [4.69, 9.17) is 4.42 Å². The Morgan fingerprint density at radius 1 is 1.00 bits per heavy atom. The van der Waals surface area contributed by atoms with Crippen LogP contribution in [0.15, 0.2) is 70.2 Å². The third-order valence-electron chi connectivity index (χ3n) is 3.92. The molecule has 2 aromatic heterocycles. The summed E-state index contributed by atoms with van der Waals surface area (Å²) in [7, 11) is 0. The van der Waals surface area contributed by atoms with Crippen LogP contribution in [0.5, 0.6) is 5.75 Å². The number of rotatable bonds is 2. The second-order valence-electron chi connectivity index (χ2n) is 5.54. The highest BCUT2D eigenvalue weighted by Gasteiger charge is 2.33. The van der Waals surface area contributed by atoms with Gasteiger partial charge in [-0.2, -0.15) is 0 Å². The van der Waals surface area contributed by atoms with Crippen molar-refractivity contribution in [2.75, 3.05) is 0 Å². The topological polar surface area (TPSA) is 52.3 Å². The van der Waals surface area contributed by atoms with E-state index >= 15 is 0 Å². The number of halogens is 3. The third kappa shape index (κ3) is 2.77. The van der Waals surface area contributed by atoms with Gasteiger partial charge >= 0.3 is 6.36 Å². The SMILES string of the molecule is O=c1c(-c2ncccc2OC(F)(F)F)coc2ccc3ccccc3c12. The summed E-state index contributed by atoms with van der Waals surface area (Å²) in [5.74, 6) is -0.563. The first-order valence-electron chi connectivity index (χ1n) is 7.58. The summed E-state index contributed by atoms with van der Waals surface area (Å²) in [6, 6.07) is 13.0. The average Bonchev–Trinajstić information content (AvgIpc) is 2.61. The van der Waals surface area contributed by atoms with Crippen molar-refractivity contribution in [2.45, 2.75) is 6.36 Å². The van der Waals surface area contributed by atoms with E-state index in [0.717, 1.165) is 17.7 Å². The van der Waals surface area contributed by atoms with Crippen LogP contribution < -0.4 is 10.2 Å². The molecule has 7 heteroatoms. The van der Waals surface area contributed by atoms with E-state index in [1.165, 1.54) is 12.3 Å². The number of pyridine rings is 1. The van der Waals surface area contributed by atoms with E-state index in [2.05, 4.69) is 9.72 Å². The molecular formula is C19H10F3NO3. The first kappa shape index (κ1) is 16.1. The predicted octanol–water partition coefficient (Wildman–Crippen LogP) is 4.91. The lowest BCUT2D eigenvalue weighted by Crippen LogP contribution is -2.18. The van der Waals surface area contributed by atoms with Crippen LogP contribution in [0.2, 0.25) is 0 Å². The zero-order chi connectivity index (χ0) is 18.3.